The molecule has 0 aromatic heterocycles. The van der Waals surface area contributed by atoms with Gasteiger partial charge < -0.3 is 5.32 Å². The van der Waals surface area contributed by atoms with Crippen LogP contribution in [0.25, 0.3) is 0 Å². The summed E-state index contributed by atoms with van der Waals surface area (Å²) in [7, 11) is 0. The van der Waals surface area contributed by atoms with Crippen molar-refractivity contribution in [3.8, 4) is 0 Å². The Bertz CT molecular complexity index is 373. The first-order chi connectivity index (χ1) is 9.78. The summed E-state index contributed by atoms with van der Waals surface area (Å²) in [4.78, 5) is 0. The van der Waals surface area contributed by atoms with Crippen LogP contribution < -0.4 is 5.32 Å². The van der Waals surface area contributed by atoms with E-state index in [1.165, 1.54) is 57.9 Å². The summed E-state index contributed by atoms with van der Waals surface area (Å²) >= 11 is 0. The normalized spacial score (nSPS) is 40.3. The molecule has 3 rings (SSSR count). The molecule has 21 heavy (non-hydrogen) atoms. The van der Waals surface area contributed by atoms with Gasteiger partial charge in [-0.2, -0.15) is 0 Å². The second-order valence-corrected chi connectivity index (χ2v) is 10.0. The molecular weight excluding hydrogens is 254 g/mol. The van der Waals surface area contributed by atoms with Gasteiger partial charge in [-0.3, -0.25) is 0 Å². The summed E-state index contributed by atoms with van der Waals surface area (Å²) in [6, 6.07) is 0.744. The van der Waals surface area contributed by atoms with Crippen LogP contribution in [0.2, 0.25) is 0 Å². The van der Waals surface area contributed by atoms with Crippen LogP contribution in [-0.4, -0.2) is 12.6 Å². The van der Waals surface area contributed by atoms with E-state index in [9.17, 15) is 0 Å². The lowest BCUT2D eigenvalue weighted by Gasteiger charge is -2.45. The van der Waals surface area contributed by atoms with Gasteiger partial charge >= 0.3 is 0 Å². The first-order valence-electron chi connectivity index (χ1n) is 9.51. The number of rotatable bonds is 5. The van der Waals surface area contributed by atoms with Crippen molar-refractivity contribution in [1.29, 1.82) is 0 Å². The third-order valence-electron chi connectivity index (χ3n) is 7.46. The second-order valence-electron chi connectivity index (χ2n) is 10.0. The number of hydrogen-bond acceptors (Lipinski definition) is 1. The van der Waals surface area contributed by atoms with Crippen molar-refractivity contribution in [2.24, 2.45) is 28.1 Å². The fourth-order valence-corrected chi connectivity index (χ4v) is 6.57. The molecule has 0 amide bonds. The average Bonchev–Trinajstić information content (AvgIpc) is 3.00. The van der Waals surface area contributed by atoms with Gasteiger partial charge in [-0.25, -0.2) is 0 Å². The van der Waals surface area contributed by atoms with Gasteiger partial charge in [0.15, 0.2) is 0 Å². The van der Waals surface area contributed by atoms with Gasteiger partial charge in [0.05, 0.1) is 0 Å². The van der Waals surface area contributed by atoms with Gasteiger partial charge in [-0.15, -0.1) is 0 Å². The van der Waals surface area contributed by atoms with Gasteiger partial charge in [0.2, 0.25) is 0 Å². The Kier molecular flexibility index (Phi) is 3.96. The molecule has 0 radical (unpaired) electrons. The molecule has 0 saturated heterocycles. The lowest BCUT2D eigenvalue weighted by atomic mass is 9.68. The molecule has 0 aromatic rings. The molecule has 3 aliphatic carbocycles. The fraction of sp³-hybridized carbons (Fsp3) is 1.00. The zero-order valence-corrected chi connectivity index (χ0v) is 15.1. The Labute approximate surface area is 132 Å². The lowest BCUT2D eigenvalue weighted by molar-refractivity contribution is 0.0901. The monoisotopic (exact) mass is 291 g/mol. The summed E-state index contributed by atoms with van der Waals surface area (Å²) < 4.78 is 0. The minimum Gasteiger partial charge on any atom is -0.312 e. The van der Waals surface area contributed by atoms with E-state index in [2.05, 4.69) is 39.9 Å². The van der Waals surface area contributed by atoms with E-state index in [1.807, 2.05) is 0 Å². The van der Waals surface area contributed by atoms with E-state index < -0.39 is 0 Å². The zero-order chi connectivity index (χ0) is 15.3. The van der Waals surface area contributed by atoms with Crippen molar-refractivity contribution in [3.05, 3.63) is 0 Å². The summed E-state index contributed by atoms with van der Waals surface area (Å²) in [6.07, 6.45) is 11.7. The largest absolute Gasteiger partial charge is 0.312 e. The van der Waals surface area contributed by atoms with E-state index in [4.69, 9.17) is 0 Å². The molecule has 2 bridgehead atoms. The molecule has 1 N–H and O–H groups in total. The van der Waals surface area contributed by atoms with Crippen LogP contribution >= 0.6 is 0 Å². The van der Waals surface area contributed by atoms with E-state index in [0.717, 1.165) is 17.9 Å². The first kappa shape index (κ1) is 15.8. The summed E-state index contributed by atoms with van der Waals surface area (Å²) in [5.74, 6) is 1.80. The zero-order valence-electron chi connectivity index (χ0n) is 15.1. The Morgan fingerprint density at radius 2 is 1.71 bits per heavy atom. The predicted octanol–water partition coefficient (Wildman–Crippen LogP) is 5.40. The first-order valence-corrected chi connectivity index (χ1v) is 9.51. The van der Waals surface area contributed by atoms with Gasteiger partial charge in [0, 0.05) is 12.6 Å². The molecule has 1 nitrogen and oxygen atoms in total. The van der Waals surface area contributed by atoms with Gasteiger partial charge in [0.1, 0.15) is 0 Å². The summed E-state index contributed by atoms with van der Waals surface area (Å²) in [5.41, 5.74) is 1.69. The third-order valence-corrected chi connectivity index (χ3v) is 7.46. The van der Waals surface area contributed by atoms with E-state index in [0.29, 0.717) is 16.2 Å². The van der Waals surface area contributed by atoms with Crippen LogP contribution in [-0.2, 0) is 0 Å². The molecule has 3 unspecified atom stereocenters. The van der Waals surface area contributed by atoms with Crippen molar-refractivity contribution in [3.63, 3.8) is 0 Å². The minimum absolute atomic E-state index is 0.505. The molecule has 0 aliphatic heterocycles. The Morgan fingerprint density at radius 1 is 1.05 bits per heavy atom. The highest BCUT2D eigenvalue weighted by Gasteiger charge is 2.59. The Morgan fingerprint density at radius 3 is 2.24 bits per heavy atom. The molecule has 3 aliphatic rings. The van der Waals surface area contributed by atoms with Crippen LogP contribution in [0.5, 0.6) is 0 Å². The molecule has 0 aromatic carbocycles. The summed E-state index contributed by atoms with van der Waals surface area (Å²) in [5, 5.41) is 4.13. The maximum atomic E-state index is 4.13. The smallest absolute Gasteiger partial charge is 0.0175 e. The number of fused-ring (bicyclic) bond motifs is 2. The molecular formula is C20H37N. The van der Waals surface area contributed by atoms with Crippen molar-refractivity contribution in [2.75, 3.05) is 6.54 Å². The van der Waals surface area contributed by atoms with Crippen molar-refractivity contribution >= 4 is 0 Å². The highest BCUT2D eigenvalue weighted by atomic mass is 15.0. The summed E-state index contributed by atoms with van der Waals surface area (Å²) in [6.45, 7) is 13.7. The average molecular weight is 292 g/mol. The lowest BCUT2D eigenvalue weighted by Crippen LogP contribution is -2.53. The molecule has 3 saturated carbocycles. The van der Waals surface area contributed by atoms with Crippen molar-refractivity contribution in [1.82, 2.24) is 5.32 Å². The van der Waals surface area contributed by atoms with E-state index in [-0.39, 0.29) is 0 Å². The number of nitrogens with one attached hydrogen (secondary N) is 1. The SMILES string of the molecule is CC(C)CC1(CNC2C3(C)CCC(C3)C2(C)C)CCCC1. The highest BCUT2D eigenvalue weighted by Crippen LogP contribution is 2.62. The Hall–Kier alpha value is -0.0400. The maximum Gasteiger partial charge on any atom is 0.0175 e. The van der Waals surface area contributed by atoms with Crippen LogP contribution in [0, 0.1) is 28.1 Å². The van der Waals surface area contributed by atoms with Crippen LogP contribution in [0.1, 0.15) is 86.0 Å². The molecule has 0 heterocycles. The van der Waals surface area contributed by atoms with Gasteiger partial charge in [0.25, 0.3) is 0 Å². The van der Waals surface area contributed by atoms with E-state index in [1.54, 1.807) is 0 Å². The van der Waals surface area contributed by atoms with Crippen molar-refractivity contribution < 1.29 is 0 Å². The highest BCUT2D eigenvalue weighted by molar-refractivity contribution is 5.12. The van der Waals surface area contributed by atoms with Gasteiger partial charge in [-0.05, 0) is 66.6 Å². The van der Waals surface area contributed by atoms with E-state index >= 15 is 0 Å². The molecule has 1 heteroatoms. The van der Waals surface area contributed by atoms with Crippen molar-refractivity contribution in [2.45, 2.75) is 92.0 Å². The number of hydrogen-bond donors (Lipinski definition) is 1. The molecule has 3 fully saturated rings. The quantitative estimate of drug-likeness (QED) is 0.715. The van der Waals surface area contributed by atoms with Gasteiger partial charge in [-0.1, -0.05) is 47.5 Å². The van der Waals surface area contributed by atoms with Crippen LogP contribution in [0.4, 0.5) is 0 Å². The predicted molar refractivity (Wildman–Crippen MR) is 91.4 cm³/mol. The standard InChI is InChI=1S/C20H37N/c1-15(2)12-20(9-6-7-10-20)14-21-17-18(3,4)16-8-11-19(17,5)13-16/h15-17,21H,6-14H2,1-5H3. The second kappa shape index (κ2) is 5.25. The third kappa shape index (κ3) is 2.69. The Balaban J connectivity index is 1.69. The molecule has 0 spiro atoms. The van der Waals surface area contributed by atoms with Crippen LogP contribution in [0.15, 0.2) is 0 Å². The van der Waals surface area contributed by atoms with Crippen LogP contribution in [0.3, 0.4) is 0 Å². The topological polar surface area (TPSA) is 12.0 Å². The maximum absolute atomic E-state index is 4.13. The fourth-order valence-electron chi connectivity index (χ4n) is 6.57. The molecule has 3 atom stereocenters. The molecule has 122 valence electrons. The minimum atomic E-state index is 0.505.